The summed E-state index contributed by atoms with van der Waals surface area (Å²) in [7, 11) is 0. The number of carbonyl (C=O) groups is 3. The third-order valence-electron chi connectivity index (χ3n) is 3.79. The molecule has 0 saturated carbocycles. The molecule has 0 aromatic carbocycles. The Labute approximate surface area is 303 Å². The molecule has 3 aromatic rings. The Morgan fingerprint density at radius 3 is 0.558 bits per heavy atom. The van der Waals surface area contributed by atoms with Gasteiger partial charge in [0.25, 0.3) is 0 Å². The van der Waals surface area contributed by atoms with Crippen LogP contribution in [0.15, 0.2) is 43.2 Å². The Bertz CT molecular complexity index is 1480. The van der Waals surface area contributed by atoms with Gasteiger partial charge in [-0.1, -0.05) is 0 Å². The number of thiol groups is 3. The van der Waals surface area contributed by atoms with Crippen molar-refractivity contribution in [3.8, 4) is 0 Å². The van der Waals surface area contributed by atoms with E-state index in [0.717, 1.165) is 0 Å². The van der Waals surface area contributed by atoms with Crippen molar-refractivity contribution >= 4 is 55.8 Å². The molecular formula is C23H39N9O17S3. The SMILES string of the molecule is O=C(O)CCCS.O=C(O)CCCS.O=C(O)CCCS.O=c1[nH]c(=O)[nH]c(=O)[nH]1.O=c1[nH]c(=O)[nH]c(=O)[nH]1.O=c1[nH]c(=O)[nH]c(=O)[nH]1.OCCO. The monoisotopic (exact) mass is 809 g/mol. The van der Waals surface area contributed by atoms with E-state index in [-0.39, 0.29) is 32.5 Å². The summed E-state index contributed by atoms with van der Waals surface area (Å²) in [5.74, 6) is -0.248. The van der Waals surface area contributed by atoms with Gasteiger partial charge in [-0.05, 0) is 36.5 Å². The van der Waals surface area contributed by atoms with Gasteiger partial charge in [-0.25, -0.2) is 43.2 Å². The molecule has 0 fully saturated rings. The highest BCUT2D eigenvalue weighted by Crippen LogP contribution is 1.90. The molecule has 52 heavy (non-hydrogen) atoms. The minimum Gasteiger partial charge on any atom is -0.481 e. The van der Waals surface area contributed by atoms with Crippen LogP contribution in [0.5, 0.6) is 0 Å². The van der Waals surface area contributed by atoms with E-state index in [1.807, 2.05) is 0 Å². The number of aromatic nitrogens is 9. The molecule has 3 rings (SSSR count). The molecule has 0 radical (unpaired) electrons. The van der Waals surface area contributed by atoms with E-state index < -0.39 is 69.1 Å². The summed E-state index contributed by atoms with van der Waals surface area (Å²) in [6.07, 6.45) is 2.71. The molecule has 0 unspecified atom stereocenters. The molecule has 0 aliphatic carbocycles. The Hall–Kier alpha value is -5.39. The van der Waals surface area contributed by atoms with Gasteiger partial charge in [-0.3, -0.25) is 59.2 Å². The fraction of sp³-hybridized carbons (Fsp3) is 0.478. The van der Waals surface area contributed by atoms with Crippen LogP contribution in [0.2, 0.25) is 0 Å². The van der Waals surface area contributed by atoms with E-state index >= 15 is 0 Å². The number of aliphatic carboxylic acids is 3. The number of carboxylic acid groups (broad SMARTS) is 3. The zero-order valence-electron chi connectivity index (χ0n) is 26.8. The van der Waals surface area contributed by atoms with Gasteiger partial charge in [0.2, 0.25) is 0 Å². The highest BCUT2D eigenvalue weighted by atomic mass is 32.1. The van der Waals surface area contributed by atoms with Crippen molar-refractivity contribution in [3.05, 3.63) is 94.4 Å². The lowest BCUT2D eigenvalue weighted by Gasteiger charge is -1.85. The molecule has 3 aromatic heterocycles. The highest BCUT2D eigenvalue weighted by molar-refractivity contribution is 7.80. The molecule has 29 heteroatoms. The van der Waals surface area contributed by atoms with Crippen LogP contribution in [0, 0.1) is 0 Å². The molecule has 14 N–H and O–H groups in total. The van der Waals surface area contributed by atoms with Crippen molar-refractivity contribution in [3.63, 3.8) is 0 Å². The number of aromatic amines is 9. The molecule has 0 bridgehead atoms. The van der Waals surface area contributed by atoms with Crippen LogP contribution in [0.4, 0.5) is 0 Å². The van der Waals surface area contributed by atoms with Gasteiger partial charge in [0.15, 0.2) is 0 Å². The Balaban J connectivity index is -0.000000262. The number of rotatable bonds is 10. The predicted molar refractivity (Wildman–Crippen MR) is 191 cm³/mol. The maximum Gasteiger partial charge on any atom is 0.330 e. The Morgan fingerprint density at radius 1 is 0.365 bits per heavy atom. The van der Waals surface area contributed by atoms with Crippen LogP contribution >= 0.6 is 37.9 Å². The van der Waals surface area contributed by atoms with Crippen LogP contribution in [-0.2, 0) is 14.4 Å². The average molecular weight is 810 g/mol. The van der Waals surface area contributed by atoms with E-state index in [1.54, 1.807) is 44.9 Å². The molecule has 26 nitrogen and oxygen atoms in total. The second kappa shape index (κ2) is 35.4. The average Bonchev–Trinajstić information content (AvgIpc) is 3.01. The molecule has 0 atom stereocenters. The summed E-state index contributed by atoms with van der Waals surface area (Å²) in [5, 5.41) is 39.3. The first-order chi connectivity index (χ1) is 24.3. The maximum absolute atomic E-state index is 10.2. The summed E-state index contributed by atoms with van der Waals surface area (Å²) >= 11 is 11.5. The lowest BCUT2D eigenvalue weighted by Crippen LogP contribution is -2.34. The standard InChI is InChI=1S/3C4H8O2S.3C3H3N3O3.C2H6O2/c3*5-4(6)2-1-3-7;3*7-1-4-2(8)6-3(9)5-1;3-1-2-4/h3*7H,1-3H2,(H,5,6);3*(H3,4,5,6,7,8,9);3-4H,1-2H2. The van der Waals surface area contributed by atoms with Crippen molar-refractivity contribution in [1.29, 1.82) is 0 Å². The van der Waals surface area contributed by atoms with Crippen LogP contribution in [0.1, 0.15) is 38.5 Å². The summed E-state index contributed by atoms with van der Waals surface area (Å²) < 4.78 is 0. The summed E-state index contributed by atoms with van der Waals surface area (Å²) in [6, 6.07) is 0. The Morgan fingerprint density at radius 2 is 0.500 bits per heavy atom. The third kappa shape index (κ3) is 44.6. The van der Waals surface area contributed by atoms with Crippen LogP contribution in [0.3, 0.4) is 0 Å². The van der Waals surface area contributed by atoms with E-state index in [2.05, 4.69) is 37.9 Å². The summed E-state index contributed by atoms with van der Waals surface area (Å²) in [4.78, 5) is 137. The van der Waals surface area contributed by atoms with E-state index in [1.165, 1.54) is 0 Å². The van der Waals surface area contributed by atoms with Gasteiger partial charge in [0, 0.05) is 19.3 Å². The van der Waals surface area contributed by atoms with Gasteiger partial charge < -0.3 is 25.5 Å². The van der Waals surface area contributed by atoms with Crippen molar-refractivity contribution in [2.24, 2.45) is 0 Å². The van der Waals surface area contributed by atoms with Gasteiger partial charge in [0.05, 0.1) is 13.2 Å². The number of aliphatic hydroxyl groups excluding tert-OH is 2. The van der Waals surface area contributed by atoms with E-state index in [0.29, 0.717) is 36.5 Å². The van der Waals surface area contributed by atoms with Crippen molar-refractivity contribution in [2.75, 3.05) is 30.5 Å². The first kappa shape index (κ1) is 53.4. The molecule has 0 aliphatic heterocycles. The predicted octanol–water partition coefficient (Wildman–Crippen LogP) is -5.43. The molecular weight excluding hydrogens is 770 g/mol. The lowest BCUT2D eigenvalue weighted by atomic mass is 10.3. The quantitative estimate of drug-likeness (QED) is 0.0850. The molecule has 0 saturated heterocycles. The zero-order chi connectivity index (χ0) is 41.1. The van der Waals surface area contributed by atoms with Crippen molar-refractivity contribution in [1.82, 2.24) is 44.9 Å². The smallest absolute Gasteiger partial charge is 0.330 e. The first-order valence-corrected chi connectivity index (χ1v) is 15.7. The van der Waals surface area contributed by atoms with Crippen LogP contribution in [-0.4, -0.2) is 119 Å². The van der Waals surface area contributed by atoms with Crippen LogP contribution < -0.4 is 51.2 Å². The minimum absolute atomic E-state index is 0.125. The number of H-pyrrole nitrogens is 9. The zero-order valence-corrected chi connectivity index (χ0v) is 29.4. The topological polar surface area (TPSA) is 448 Å². The third-order valence-corrected chi connectivity index (χ3v) is 4.74. The molecule has 0 aliphatic rings. The fourth-order valence-electron chi connectivity index (χ4n) is 1.90. The van der Waals surface area contributed by atoms with Gasteiger partial charge in [0.1, 0.15) is 0 Å². The van der Waals surface area contributed by atoms with Gasteiger partial charge in [-0.2, -0.15) is 37.9 Å². The molecule has 296 valence electrons. The number of hydrogen-bond acceptors (Lipinski definition) is 17. The van der Waals surface area contributed by atoms with Crippen molar-refractivity contribution in [2.45, 2.75) is 38.5 Å². The maximum atomic E-state index is 10.2. The van der Waals surface area contributed by atoms with Crippen molar-refractivity contribution < 1.29 is 39.9 Å². The number of hydrogen-bond donors (Lipinski definition) is 17. The number of carboxylic acids is 3. The number of aliphatic hydroxyl groups is 2. The highest BCUT2D eigenvalue weighted by Gasteiger charge is 1.93. The summed E-state index contributed by atoms with van der Waals surface area (Å²) in [5.41, 5.74) is -7.22. The fourth-order valence-corrected chi connectivity index (χ4v) is 2.37. The van der Waals surface area contributed by atoms with Crippen LogP contribution in [0.25, 0.3) is 0 Å². The normalized spacial score (nSPS) is 8.94. The van der Waals surface area contributed by atoms with E-state index in [4.69, 9.17) is 25.5 Å². The van der Waals surface area contributed by atoms with E-state index in [9.17, 15) is 57.5 Å². The van der Waals surface area contributed by atoms with Gasteiger partial charge >= 0.3 is 69.1 Å². The minimum atomic E-state index is -0.802. The molecule has 0 amide bonds. The second-order valence-electron chi connectivity index (χ2n) is 8.20. The Kier molecular flexibility index (Phi) is 36.4. The molecule has 3 heterocycles. The first-order valence-electron chi connectivity index (χ1n) is 13.8. The molecule has 0 spiro atoms. The van der Waals surface area contributed by atoms with Gasteiger partial charge in [-0.15, -0.1) is 0 Å². The second-order valence-corrected chi connectivity index (χ2v) is 9.54. The summed E-state index contributed by atoms with van der Waals surface area (Å²) in [6.45, 7) is -0.250. The largest absolute Gasteiger partial charge is 0.481 e. The number of nitrogens with one attached hydrogen (secondary N) is 9. The lowest BCUT2D eigenvalue weighted by molar-refractivity contribution is -0.138.